The topological polar surface area (TPSA) is 9.23 Å². The molecule has 1 aliphatic rings. The summed E-state index contributed by atoms with van der Waals surface area (Å²) in [5, 5.41) is 0. The van der Waals surface area contributed by atoms with Crippen molar-refractivity contribution in [2.24, 2.45) is 5.92 Å². The minimum absolute atomic E-state index is 0.894. The normalized spacial score (nSPS) is 18.4. The first kappa shape index (κ1) is 7.96. The molecule has 1 heteroatoms. The van der Waals surface area contributed by atoms with Crippen molar-refractivity contribution in [2.45, 2.75) is 27.2 Å². The summed E-state index contributed by atoms with van der Waals surface area (Å²) in [7, 11) is 0. The Kier molecular flexibility index (Phi) is 5.08. The third-order valence-electron chi connectivity index (χ3n) is 1.28. The Morgan fingerprint density at radius 2 is 1.88 bits per heavy atom. The molecule has 1 aliphatic heterocycles. The van der Waals surface area contributed by atoms with E-state index in [1.54, 1.807) is 0 Å². The van der Waals surface area contributed by atoms with Crippen molar-refractivity contribution in [1.29, 1.82) is 0 Å². The lowest BCUT2D eigenvalue weighted by atomic mass is 10.1. The van der Waals surface area contributed by atoms with Crippen molar-refractivity contribution in [3.05, 3.63) is 0 Å². The Hall–Kier alpha value is -0.0400. The number of hydrogen-bond acceptors (Lipinski definition) is 1. The SMILES string of the molecule is CC.CCC1COC1. The highest BCUT2D eigenvalue weighted by molar-refractivity contribution is 4.61. The molecular weight excluding hydrogens is 100 g/mol. The number of hydrogen-bond donors (Lipinski definition) is 0. The molecule has 0 atom stereocenters. The fraction of sp³-hybridized carbons (Fsp3) is 1.00. The van der Waals surface area contributed by atoms with Crippen LogP contribution in [0.1, 0.15) is 27.2 Å². The van der Waals surface area contributed by atoms with Gasteiger partial charge in [-0.05, 0) is 6.42 Å². The van der Waals surface area contributed by atoms with E-state index in [4.69, 9.17) is 4.74 Å². The van der Waals surface area contributed by atoms with Crippen LogP contribution in [0, 0.1) is 5.92 Å². The Labute approximate surface area is 52.0 Å². The second-order valence-corrected chi connectivity index (χ2v) is 1.81. The lowest BCUT2D eigenvalue weighted by Gasteiger charge is -2.23. The first-order valence-electron chi connectivity index (χ1n) is 3.51. The zero-order valence-corrected chi connectivity index (χ0v) is 6.11. The maximum atomic E-state index is 4.93. The van der Waals surface area contributed by atoms with Gasteiger partial charge in [-0.15, -0.1) is 0 Å². The second kappa shape index (κ2) is 5.10. The van der Waals surface area contributed by atoms with Gasteiger partial charge < -0.3 is 4.74 Å². The van der Waals surface area contributed by atoms with E-state index in [1.807, 2.05) is 13.8 Å². The Morgan fingerprint density at radius 1 is 1.38 bits per heavy atom. The Morgan fingerprint density at radius 3 is 1.88 bits per heavy atom. The van der Waals surface area contributed by atoms with E-state index in [0.717, 1.165) is 19.1 Å². The van der Waals surface area contributed by atoms with Crippen LogP contribution < -0.4 is 0 Å². The summed E-state index contributed by atoms with van der Waals surface area (Å²) < 4.78 is 4.93. The molecule has 1 fully saturated rings. The summed E-state index contributed by atoms with van der Waals surface area (Å²) in [6.07, 6.45) is 1.29. The predicted molar refractivity (Wildman–Crippen MR) is 35.9 cm³/mol. The van der Waals surface area contributed by atoms with Crippen LogP contribution in [0.15, 0.2) is 0 Å². The van der Waals surface area contributed by atoms with Gasteiger partial charge in [0.1, 0.15) is 0 Å². The second-order valence-electron chi connectivity index (χ2n) is 1.81. The van der Waals surface area contributed by atoms with Crippen LogP contribution in [0.4, 0.5) is 0 Å². The molecule has 0 radical (unpaired) electrons. The minimum atomic E-state index is 0.894. The van der Waals surface area contributed by atoms with Gasteiger partial charge in [0.05, 0.1) is 13.2 Å². The molecule has 0 saturated carbocycles. The zero-order chi connectivity index (χ0) is 6.41. The molecule has 0 aromatic rings. The van der Waals surface area contributed by atoms with Gasteiger partial charge in [-0.2, -0.15) is 0 Å². The van der Waals surface area contributed by atoms with Crippen molar-refractivity contribution < 1.29 is 4.74 Å². The molecule has 0 aromatic heterocycles. The van der Waals surface area contributed by atoms with Crippen LogP contribution in [-0.2, 0) is 4.74 Å². The molecule has 0 amide bonds. The largest absolute Gasteiger partial charge is 0.381 e. The fourth-order valence-electron chi connectivity index (χ4n) is 0.520. The first-order valence-corrected chi connectivity index (χ1v) is 3.51. The Bertz CT molecular complexity index is 36.9. The summed E-state index contributed by atoms with van der Waals surface area (Å²) in [6.45, 7) is 8.22. The molecule has 1 rings (SSSR count). The van der Waals surface area contributed by atoms with E-state index in [9.17, 15) is 0 Å². The van der Waals surface area contributed by atoms with Crippen LogP contribution in [0.5, 0.6) is 0 Å². The monoisotopic (exact) mass is 116 g/mol. The van der Waals surface area contributed by atoms with Gasteiger partial charge in [0.25, 0.3) is 0 Å². The smallest absolute Gasteiger partial charge is 0.0516 e. The molecule has 0 N–H and O–H groups in total. The summed E-state index contributed by atoms with van der Waals surface area (Å²) in [5.41, 5.74) is 0. The third kappa shape index (κ3) is 2.31. The molecule has 8 heavy (non-hydrogen) atoms. The van der Waals surface area contributed by atoms with Crippen molar-refractivity contribution >= 4 is 0 Å². The van der Waals surface area contributed by atoms with Crippen LogP contribution in [0.2, 0.25) is 0 Å². The maximum Gasteiger partial charge on any atom is 0.0516 e. The molecule has 0 unspecified atom stereocenters. The molecule has 50 valence electrons. The predicted octanol–water partition coefficient (Wildman–Crippen LogP) is 2.07. The first-order chi connectivity index (χ1) is 3.93. The van der Waals surface area contributed by atoms with Gasteiger partial charge in [-0.25, -0.2) is 0 Å². The van der Waals surface area contributed by atoms with E-state index in [1.165, 1.54) is 6.42 Å². The minimum Gasteiger partial charge on any atom is -0.381 e. The zero-order valence-electron chi connectivity index (χ0n) is 6.11. The third-order valence-corrected chi connectivity index (χ3v) is 1.28. The van der Waals surface area contributed by atoms with E-state index >= 15 is 0 Å². The van der Waals surface area contributed by atoms with Crippen molar-refractivity contribution in [2.75, 3.05) is 13.2 Å². The number of ether oxygens (including phenoxy) is 1. The van der Waals surface area contributed by atoms with Crippen LogP contribution >= 0.6 is 0 Å². The van der Waals surface area contributed by atoms with Gasteiger partial charge >= 0.3 is 0 Å². The van der Waals surface area contributed by atoms with Crippen LogP contribution in [-0.4, -0.2) is 13.2 Å². The lowest BCUT2D eigenvalue weighted by molar-refractivity contribution is -0.0331. The van der Waals surface area contributed by atoms with Gasteiger partial charge in [-0.1, -0.05) is 20.8 Å². The lowest BCUT2D eigenvalue weighted by Crippen LogP contribution is -2.26. The number of rotatable bonds is 1. The maximum absolute atomic E-state index is 4.93. The molecule has 1 saturated heterocycles. The quantitative estimate of drug-likeness (QED) is 0.509. The highest BCUT2D eigenvalue weighted by atomic mass is 16.5. The van der Waals surface area contributed by atoms with E-state index in [2.05, 4.69) is 6.92 Å². The summed E-state index contributed by atoms with van der Waals surface area (Å²) >= 11 is 0. The fourth-order valence-corrected chi connectivity index (χ4v) is 0.520. The van der Waals surface area contributed by atoms with Crippen molar-refractivity contribution in [3.63, 3.8) is 0 Å². The van der Waals surface area contributed by atoms with E-state index < -0.39 is 0 Å². The average molecular weight is 116 g/mol. The van der Waals surface area contributed by atoms with E-state index in [0.29, 0.717) is 0 Å². The summed E-state index contributed by atoms with van der Waals surface area (Å²) in [4.78, 5) is 0. The van der Waals surface area contributed by atoms with Crippen LogP contribution in [0.25, 0.3) is 0 Å². The van der Waals surface area contributed by atoms with E-state index in [-0.39, 0.29) is 0 Å². The molecule has 0 aliphatic carbocycles. The van der Waals surface area contributed by atoms with Crippen molar-refractivity contribution in [1.82, 2.24) is 0 Å². The standard InChI is InChI=1S/C5H10O.C2H6/c1-2-5-3-6-4-5;1-2/h5H,2-4H2,1H3;1-2H3. The van der Waals surface area contributed by atoms with Crippen LogP contribution in [0.3, 0.4) is 0 Å². The molecule has 1 heterocycles. The van der Waals surface area contributed by atoms with Crippen molar-refractivity contribution in [3.8, 4) is 0 Å². The molecule has 0 bridgehead atoms. The molecular formula is C7H16O. The van der Waals surface area contributed by atoms with Gasteiger partial charge in [0.15, 0.2) is 0 Å². The average Bonchev–Trinajstić information content (AvgIpc) is 1.69. The summed E-state index contributed by atoms with van der Waals surface area (Å²) in [6, 6.07) is 0. The molecule has 0 spiro atoms. The summed E-state index contributed by atoms with van der Waals surface area (Å²) in [5.74, 6) is 0.894. The van der Waals surface area contributed by atoms with Gasteiger partial charge in [0, 0.05) is 5.92 Å². The Balaban J connectivity index is 0.000000222. The van der Waals surface area contributed by atoms with Gasteiger partial charge in [-0.3, -0.25) is 0 Å². The molecule has 1 nitrogen and oxygen atoms in total. The highest BCUT2D eigenvalue weighted by Gasteiger charge is 2.14. The highest BCUT2D eigenvalue weighted by Crippen LogP contribution is 2.12. The van der Waals surface area contributed by atoms with Gasteiger partial charge in [0.2, 0.25) is 0 Å². The molecule has 0 aromatic carbocycles.